The quantitative estimate of drug-likeness (QED) is 0.921. The van der Waals surface area contributed by atoms with E-state index in [2.05, 4.69) is 4.98 Å². The van der Waals surface area contributed by atoms with Crippen molar-refractivity contribution in [2.24, 2.45) is 5.73 Å². The molecular weight excluding hydrogens is 248 g/mol. The highest BCUT2D eigenvalue weighted by molar-refractivity contribution is 6.32. The lowest BCUT2D eigenvalue weighted by atomic mass is 10.1. The molecule has 0 aliphatic rings. The summed E-state index contributed by atoms with van der Waals surface area (Å²) >= 11 is 6.14. The number of halogens is 1. The lowest BCUT2D eigenvalue weighted by Crippen LogP contribution is -2.18. The van der Waals surface area contributed by atoms with Crippen LogP contribution in [0.5, 0.6) is 5.75 Å². The summed E-state index contributed by atoms with van der Waals surface area (Å²) in [6, 6.07) is 9.48. The highest BCUT2D eigenvalue weighted by Gasteiger charge is 2.13. The second-order valence-electron chi connectivity index (χ2n) is 4.06. The largest absolute Gasteiger partial charge is 0.483 e. The van der Waals surface area contributed by atoms with Gasteiger partial charge in [0.1, 0.15) is 11.9 Å². The molecule has 2 N–H and O–H groups in total. The highest BCUT2D eigenvalue weighted by atomic mass is 35.5. The number of nitrogens with two attached hydrogens (primary N) is 1. The standard InChI is InChI=1S/C14H15ClN2O/c1-10-4-5-13(12(15)7-10)18-14(8-16)11-3-2-6-17-9-11/h2-7,9,14H,8,16H2,1H3. The van der Waals surface area contributed by atoms with Gasteiger partial charge in [-0.1, -0.05) is 23.7 Å². The SMILES string of the molecule is Cc1ccc(OC(CN)c2cccnc2)c(Cl)c1. The van der Waals surface area contributed by atoms with Gasteiger partial charge in [-0.25, -0.2) is 0 Å². The van der Waals surface area contributed by atoms with Crippen molar-refractivity contribution in [3.05, 3.63) is 58.9 Å². The maximum absolute atomic E-state index is 6.14. The van der Waals surface area contributed by atoms with E-state index < -0.39 is 0 Å². The third-order valence-corrected chi connectivity index (χ3v) is 2.92. The Morgan fingerprint density at radius 1 is 1.39 bits per heavy atom. The number of ether oxygens (including phenoxy) is 1. The molecule has 0 aliphatic carbocycles. The van der Waals surface area contributed by atoms with Crippen LogP contribution >= 0.6 is 11.6 Å². The van der Waals surface area contributed by atoms with Gasteiger partial charge in [0.15, 0.2) is 0 Å². The zero-order valence-corrected chi connectivity index (χ0v) is 10.9. The number of pyridine rings is 1. The van der Waals surface area contributed by atoms with Crippen LogP contribution in [-0.4, -0.2) is 11.5 Å². The van der Waals surface area contributed by atoms with E-state index in [9.17, 15) is 0 Å². The van der Waals surface area contributed by atoms with Crippen molar-refractivity contribution >= 4 is 11.6 Å². The Balaban J connectivity index is 2.21. The molecule has 1 unspecified atom stereocenters. The number of nitrogens with zero attached hydrogens (tertiary/aromatic N) is 1. The first-order chi connectivity index (χ1) is 8.70. The maximum Gasteiger partial charge on any atom is 0.138 e. The monoisotopic (exact) mass is 262 g/mol. The van der Waals surface area contributed by atoms with Gasteiger partial charge >= 0.3 is 0 Å². The zero-order valence-electron chi connectivity index (χ0n) is 10.1. The van der Waals surface area contributed by atoms with E-state index in [0.29, 0.717) is 17.3 Å². The number of rotatable bonds is 4. The Labute approximate surface area is 112 Å². The van der Waals surface area contributed by atoms with Gasteiger partial charge in [0.2, 0.25) is 0 Å². The van der Waals surface area contributed by atoms with Crippen molar-refractivity contribution in [1.29, 1.82) is 0 Å². The highest BCUT2D eigenvalue weighted by Crippen LogP contribution is 2.29. The van der Waals surface area contributed by atoms with Crippen LogP contribution in [0.25, 0.3) is 0 Å². The maximum atomic E-state index is 6.14. The summed E-state index contributed by atoms with van der Waals surface area (Å²) < 4.78 is 5.84. The van der Waals surface area contributed by atoms with Crippen LogP contribution in [0.4, 0.5) is 0 Å². The molecule has 4 heteroatoms. The minimum absolute atomic E-state index is 0.237. The molecule has 18 heavy (non-hydrogen) atoms. The van der Waals surface area contributed by atoms with Gasteiger partial charge in [0.25, 0.3) is 0 Å². The first kappa shape index (κ1) is 12.9. The lowest BCUT2D eigenvalue weighted by molar-refractivity contribution is 0.214. The van der Waals surface area contributed by atoms with Crippen molar-refractivity contribution in [1.82, 2.24) is 4.98 Å². The average Bonchev–Trinajstić information content (AvgIpc) is 2.39. The molecule has 0 amide bonds. The Hall–Kier alpha value is -1.58. The van der Waals surface area contributed by atoms with E-state index in [1.807, 2.05) is 37.3 Å². The molecule has 0 spiro atoms. The van der Waals surface area contributed by atoms with E-state index in [1.165, 1.54) is 0 Å². The minimum atomic E-state index is -0.237. The Bertz CT molecular complexity index is 516. The van der Waals surface area contributed by atoms with Gasteiger partial charge in [-0.3, -0.25) is 4.98 Å². The molecule has 2 rings (SSSR count). The van der Waals surface area contributed by atoms with E-state index >= 15 is 0 Å². The van der Waals surface area contributed by atoms with Crippen LogP contribution in [0.15, 0.2) is 42.7 Å². The number of hydrogen-bond donors (Lipinski definition) is 1. The second-order valence-corrected chi connectivity index (χ2v) is 4.47. The molecule has 0 bridgehead atoms. The summed E-state index contributed by atoms with van der Waals surface area (Å²) in [6.07, 6.45) is 3.23. The zero-order chi connectivity index (χ0) is 13.0. The van der Waals surface area contributed by atoms with Crippen LogP contribution in [0.1, 0.15) is 17.2 Å². The summed E-state index contributed by atoms with van der Waals surface area (Å²) in [7, 11) is 0. The fraction of sp³-hybridized carbons (Fsp3) is 0.214. The topological polar surface area (TPSA) is 48.1 Å². The molecule has 1 atom stereocenters. The van der Waals surface area contributed by atoms with Gasteiger partial charge in [-0.15, -0.1) is 0 Å². The van der Waals surface area contributed by atoms with Gasteiger partial charge < -0.3 is 10.5 Å². The van der Waals surface area contributed by atoms with Gasteiger partial charge in [0.05, 0.1) is 5.02 Å². The predicted molar refractivity (Wildman–Crippen MR) is 72.8 cm³/mol. The number of aryl methyl sites for hydroxylation is 1. The van der Waals surface area contributed by atoms with Gasteiger partial charge in [0, 0.05) is 24.5 Å². The third kappa shape index (κ3) is 3.00. The molecule has 0 saturated heterocycles. The van der Waals surface area contributed by atoms with Crippen LogP contribution in [0.2, 0.25) is 5.02 Å². The summed E-state index contributed by atoms with van der Waals surface area (Å²) in [6.45, 7) is 2.35. The van der Waals surface area contributed by atoms with Crippen molar-refractivity contribution in [3.63, 3.8) is 0 Å². The van der Waals surface area contributed by atoms with Crippen molar-refractivity contribution in [2.75, 3.05) is 6.54 Å². The first-order valence-corrected chi connectivity index (χ1v) is 6.11. The Morgan fingerprint density at radius 2 is 2.22 bits per heavy atom. The second kappa shape index (κ2) is 5.85. The Morgan fingerprint density at radius 3 is 2.83 bits per heavy atom. The Kier molecular flexibility index (Phi) is 4.18. The fourth-order valence-electron chi connectivity index (χ4n) is 1.67. The van der Waals surface area contributed by atoms with E-state index in [-0.39, 0.29) is 6.10 Å². The minimum Gasteiger partial charge on any atom is -0.483 e. The fourth-order valence-corrected chi connectivity index (χ4v) is 1.95. The number of benzene rings is 1. The first-order valence-electron chi connectivity index (χ1n) is 5.73. The molecule has 3 nitrogen and oxygen atoms in total. The molecule has 0 aliphatic heterocycles. The van der Waals surface area contributed by atoms with E-state index in [0.717, 1.165) is 11.1 Å². The molecule has 0 fully saturated rings. The molecule has 94 valence electrons. The molecule has 0 radical (unpaired) electrons. The molecule has 1 aromatic carbocycles. The smallest absolute Gasteiger partial charge is 0.138 e. The summed E-state index contributed by atoms with van der Waals surface area (Å²) in [5.41, 5.74) is 7.77. The van der Waals surface area contributed by atoms with E-state index in [4.69, 9.17) is 22.1 Å². The van der Waals surface area contributed by atoms with Crippen LogP contribution in [0, 0.1) is 6.92 Å². The molecular formula is C14H15ClN2O. The van der Waals surface area contributed by atoms with Gasteiger partial charge in [-0.05, 0) is 30.7 Å². The lowest BCUT2D eigenvalue weighted by Gasteiger charge is -2.18. The summed E-state index contributed by atoms with van der Waals surface area (Å²) in [4.78, 5) is 4.06. The predicted octanol–water partition coefficient (Wildman–Crippen LogP) is 3.12. The third-order valence-electron chi connectivity index (χ3n) is 2.63. The van der Waals surface area contributed by atoms with Crippen LogP contribution in [0.3, 0.4) is 0 Å². The van der Waals surface area contributed by atoms with Gasteiger partial charge in [-0.2, -0.15) is 0 Å². The summed E-state index contributed by atoms with van der Waals surface area (Å²) in [5, 5.41) is 0.595. The van der Waals surface area contributed by atoms with Crippen LogP contribution in [-0.2, 0) is 0 Å². The summed E-state index contributed by atoms with van der Waals surface area (Å²) in [5.74, 6) is 0.640. The normalized spacial score (nSPS) is 12.2. The van der Waals surface area contributed by atoms with Crippen molar-refractivity contribution in [3.8, 4) is 5.75 Å². The molecule has 2 aromatic rings. The van der Waals surface area contributed by atoms with Crippen molar-refractivity contribution < 1.29 is 4.74 Å². The molecule has 0 saturated carbocycles. The average molecular weight is 263 g/mol. The number of hydrogen-bond acceptors (Lipinski definition) is 3. The van der Waals surface area contributed by atoms with Crippen molar-refractivity contribution in [2.45, 2.75) is 13.0 Å². The molecule has 1 heterocycles. The van der Waals surface area contributed by atoms with E-state index in [1.54, 1.807) is 12.4 Å². The number of aromatic nitrogens is 1. The van der Waals surface area contributed by atoms with Crippen LogP contribution < -0.4 is 10.5 Å². The molecule has 1 aromatic heterocycles.